The minimum atomic E-state index is -0.674. The standard InChI is InChI=1S/C24H22F2N6O2S/c1-31(19-5-3-15(25)12-17(19)26)21-7-4-18-22(30-21)35-24(28-18)29-20-6-2-14(13-27-20)23(34)32-10-8-16(33)9-11-32/h2-7,12-13,16,33H,8-11H2,1H3,(H,27,28,29). The molecule has 11 heteroatoms. The summed E-state index contributed by atoms with van der Waals surface area (Å²) >= 11 is 1.31. The zero-order valence-corrected chi connectivity index (χ0v) is 19.6. The first-order valence-electron chi connectivity index (χ1n) is 11.0. The van der Waals surface area contributed by atoms with E-state index in [0.29, 0.717) is 58.6 Å². The van der Waals surface area contributed by atoms with Crippen LogP contribution in [0.3, 0.4) is 0 Å². The molecule has 0 atom stereocenters. The maximum absolute atomic E-state index is 14.2. The first-order valence-corrected chi connectivity index (χ1v) is 11.9. The monoisotopic (exact) mass is 496 g/mol. The molecule has 0 spiro atoms. The highest BCUT2D eigenvalue weighted by molar-refractivity contribution is 7.21. The summed E-state index contributed by atoms with van der Waals surface area (Å²) in [6.45, 7) is 1.06. The number of benzene rings is 1. The number of hydrogen-bond donors (Lipinski definition) is 2. The van der Waals surface area contributed by atoms with Crippen LogP contribution in [0.4, 0.5) is 31.2 Å². The lowest BCUT2D eigenvalue weighted by Crippen LogP contribution is -2.40. The largest absolute Gasteiger partial charge is 0.393 e. The number of aliphatic hydroxyl groups is 1. The predicted molar refractivity (Wildman–Crippen MR) is 130 cm³/mol. The van der Waals surface area contributed by atoms with E-state index in [1.165, 1.54) is 29.7 Å². The van der Waals surface area contributed by atoms with E-state index in [1.54, 1.807) is 41.1 Å². The van der Waals surface area contributed by atoms with E-state index in [4.69, 9.17) is 0 Å². The third kappa shape index (κ3) is 4.91. The van der Waals surface area contributed by atoms with Gasteiger partial charge in [-0.05, 0) is 49.2 Å². The van der Waals surface area contributed by atoms with Crippen LogP contribution >= 0.6 is 11.3 Å². The number of carbonyl (C=O) groups is 1. The van der Waals surface area contributed by atoms with Gasteiger partial charge in [-0.25, -0.2) is 23.7 Å². The molecule has 1 aliphatic rings. The van der Waals surface area contributed by atoms with Gasteiger partial charge in [0, 0.05) is 32.4 Å². The topological polar surface area (TPSA) is 94.5 Å². The number of aromatic nitrogens is 3. The molecule has 0 radical (unpaired) electrons. The van der Waals surface area contributed by atoms with Gasteiger partial charge < -0.3 is 20.2 Å². The molecule has 4 heterocycles. The van der Waals surface area contributed by atoms with E-state index < -0.39 is 11.6 Å². The van der Waals surface area contributed by atoms with Gasteiger partial charge in [0.15, 0.2) is 5.13 Å². The average Bonchev–Trinajstić information content (AvgIpc) is 3.25. The molecule has 1 saturated heterocycles. The molecule has 0 unspecified atom stereocenters. The van der Waals surface area contributed by atoms with E-state index in [1.807, 2.05) is 0 Å². The van der Waals surface area contributed by atoms with Gasteiger partial charge in [-0.1, -0.05) is 11.3 Å². The van der Waals surface area contributed by atoms with Crippen LogP contribution in [0.5, 0.6) is 0 Å². The number of rotatable bonds is 5. The molecule has 5 rings (SSSR count). The van der Waals surface area contributed by atoms with Gasteiger partial charge in [0.25, 0.3) is 5.91 Å². The molecule has 180 valence electrons. The highest BCUT2D eigenvalue weighted by Crippen LogP contribution is 2.31. The van der Waals surface area contributed by atoms with Crippen molar-refractivity contribution in [1.82, 2.24) is 19.9 Å². The van der Waals surface area contributed by atoms with E-state index in [-0.39, 0.29) is 17.7 Å². The maximum atomic E-state index is 14.2. The molecule has 35 heavy (non-hydrogen) atoms. The number of amides is 1. The Bertz CT molecular complexity index is 1370. The molecule has 1 aromatic carbocycles. The molecule has 2 N–H and O–H groups in total. The second-order valence-corrected chi connectivity index (χ2v) is 9.23. The number of halogens is 2. The minimum Gasteiger partial charge on any atom is -0.393 e. The van der Waals surface area contributed by atoms with Crippen LogP contribution in [0.15, 0.2) is 48.7 Å². The van der Waals surface area contributed by atoms with Gasteiger partial charge in [-0.3, -0.25) is 4.79 Å². The summed E-state index contributed by atoms with van der Waals surface area (Å²) in [5.74, 6) is -0.398. The van der Waals surface area contributed by atoms with Crippen molar-refractivity contribution in [2.24, 2.45) is 0 Å². The van der Waals surface area contributed by atoms with Gasteiger partial charge in [0.2, 0.25) is 0 Å². The Balaban J connectivity index is 1.29. The fraction of sp³-hybridized carbons (Fsp3) is 0.250. The number of nitrogens with one attached hydrogen (secondary N) is 1. The number of piperidine rings is 1. The lowest BCUT2D eigenvalue weighted by molar-refractivity contribution is 0.0546. The molecule has 1 fully saturated rings. The Labute approximate surface area is 203 Å². The molecule has 8 nitrogen and oxygen atoms in total. The Morgan fingerprint density at radius 1 is 1.14 bits per heavy atom. The first kappa shape index (κ1) is 23.1. The van der Waals surface area contributed by atoms with E-state index in [2.05, 4.69) is 20.3 Å². The predicted octanol–water partition coefficient (Wildman–Crippen LogP) is 4.47. The molecule has 0 bridgehead atoms. The van der Waals surface area contributed by atoms with E-state index in [9.17, 15) is 18.7 Å². The van der Waals surface area contributed by atoms with Crippen LogP contribution in [0, 0.1) is 11.6 Å². The second kappa shape index (κ2) is 9.51. The lowest BCUT2D eigenvalue weighted by atomic mass is 10.1. The van der Waals surface area contributed by atoms with Crippen molar-refractivity contribution >= 4 is 50.0 Å². The summed E-state index contributed by atoms with van der Waals surface area (Å²) in [5, 5.41) is 13.3. The van der Waals surface area contributed by atoms with Gasteiger partial charge in [-0.15, -0.1) is 0 Å². The van der Waals surface area contributed by atoms with E-state index >= 15 is 0 Å². The van der Waals surface area contributed by atoms with E-state index in [0.717, 1.165) is 6.07 Å². The number of anilines is 4. The Morgan fingerprint density at radius 3 is 2.66 bits per heavy atom. The van der Waals surface area contributed by atoms with Gasteiger partial charge >= 0.3 is 0 Å². The fourth-order valence-corrected chi connectivity index (χ4v) is 4.72. The van der Waals surface area contributed by atoms with Crippen molar-refractivity contribution in [3.8, 4) is 0 Å². The normalized spacial score (nSPS) is 14.3. The molecule has 3 aromatic heterocycles. The van der Waals surface area contributed by atoms with Crippen LogP contribution in [0.25, 0.3) is 10.3 Å². The highest BCUT2D eigenvalue weighted by atomic mass is 32.1. The average molecular weight is 497 g/mol. The van der Waals surface area contributed by atoms with Crippen LogP contribution in [-0.2, 0) is 0 Å². The highest BCUT2D eigenvalue weighted by Gasteiger charge is 2.22. The van der Waals surface area contributed by atoms with Crippen molar-refractivity contribution in [3.63, 3.8) is 0 Å². The molecular weight excluding hydrogens is 474 g/mol. The minimum absolute atomic E-state index is 0.102. The van der Waals surface area contributed by atoms with Crippen molar-refractivity contribution in [1.29, 1.82) is 0 Å². The van der Waals surface area contributed by atoms with Crippen molar-refractivity contribution in [2.45, 2.75) is 18.9 Å². The fourth-order valence-electron chi connectivity index (χ4n) is 3.88. The molecule has 1 amide bonds. The van der Waals surface area contributed by atoms with Gasteiger partial charge in [-0.2, -0.15) is 0 Å². The third-order valence-electron chi connectivity index (χ3n) is 5.85. The van der Waals surface area contributed by atoms with Gasteiger partial charge in [0.1, 0.15) is 33.6 Å². The summed E-state index contributed by atoms with van der Waals surface area (Å²) in [6, 6.07) is 10.3. The molecule has 0 aliphatic carbocycles. The van der Waals surface area contributed by atoms with Crippen LogP contribution < -0.4 is 10.2 Å². The van der Waals surface area contributed by atoms with Crippen molar-refractivity contribution in [2.75, 3.05) is 30.4 Å². The molecule has 4 aromatic rings. The molecule has 0 saturated carbocycles. The number of fused-ring (bicyclic) bond motifs is 1. The summed E-state index contributed by atoms with van der Waals surface area (Å²) in [5.41, 5.74) is 1.35. The number of thiazole rings is 1. The molecular formula is C24H22F2N6O2S. The number of nitrogens with zero attached hydrogens (tertiary/aromatic N) is 5. The number of carbonyl (C=O) groups excluding carboxylic acids is 1. The maximum Gasteiger partial charge on any atom is 0.255 e. The summed E-state index contributed by atoms with van der Waals surface area (Å²) < 4.78 is 27.4. The molecule has 1 aliphatic heterocycles. The number of aliphatic hydroxyl groups excluding tert-OH is 1. The summed E-state index contributed by atoms with van der Waals surface area (Å²) in [4.78, 5) is 30.0. The van der Waals surface area contributed by atoms with Crippen molar-refractivity contribution in [3.05, 3.63) is 65.9 Å². The number of likely N-dealkylation sites (tertiary alicyclic amines) is 1. The lowest BCUT2D eigenvalue weighted by Gasteiger charge is -2.29. The zero-order valence-electron chi connectivity index (χ0n) is 18.8. The summed E-state index contributed by atoms with van der Waals surface area (Å²) in [6.07, 6.45) is 2.35. The smallest absolute Gasteiger partial charge is 0.255 e. The Morgan fingerprint density at radius 2 is 1.94 bits per heavy atom. The SMILES string of the molecule is CN(c1ccc2nc(Nc3ccc(C(=O)N4CCC(O)CC4)cn3)sc2n1)c1ccc(F)cc1F. The number of hydrogen-bond acceptors (Lipinski definition) is 8. The zero-order chi connectivity index (χ0) is 24.5. The quantitative estimate of drug-likeness (QED) is 0.421. The van der Waals surface area contributed by atoms with Crippen LogP contribution in [-0.4, -0.2) is 57.1 Å². The van der Waals surface area contributed by atoms with Crippen molar-refractivity contribution < 1.29 is 18.7 Å². The first-order chi connectivity index (χ1) is 16.9. The second-order valence-electron chi connectivity index (χ2n) is 8.25. The Kier molecular flexibility index (Phi) is 6.27. The number of pyridine rings is 2. The third-order valence-corrected chi connectivity index (χ3v) is 6.73. The van der Waals surface area contributed by atoms with Gasteiger partial charge in [0.05, 0.1) is 17.4 Å². The Hall–Kier alpha value is -3.70. The van der Waals surface area contributed by atoms with Crippen LogP contribution in [0.1, 0.15) is 23.2 Å². The van der Waals surface area contributed by atoms with Crippen LogP contribution in [0.2, 0.25) is 0 Å². The summed E-state index contributed by atoms with van der Waals surface area (Å²) in [7, 11) is 1.66.